The monoisotopic (exact) mass is 190 g/mol. The number of benzene rings is 1. The highest BCUT2D eigenvalue weighted by Crippen LogP contribution is 2.09. The number of likely N-dealkylation sites (N-methyl/N-ethyl adjacent to an activating group) is 1. The van der Waals surface area contributed by atoms with Crippen LogP contribution in [0.4, 0.5) is 0 Å². The zero-order valence-corrected chi connectivity index (χ0v) is 8.90. The normalized spacial score (nSPS) is 11.5. The fourth-order valence-electron chi connectivity index (χ4n) is 1.38. The van der Waals surface area contributed by atoms with Gasteiger partial charge in [-0.1, -0.05) is 43.3 Å². The molecule has 0 saturated carbocycles. The highest BCUT2D eigenvalue weighted by atomic mass is 15.4. The molecular weight excluding hydrogens is 172 g/mol. The van der Waals surface area contributed by atoms with E-state index in [-0.39, 0.29) is 0 Å². The van der Waals surface area contributed by atoms with Crippen molar-refractivity contribution in [2.45, 2.75) is 19.8 Å². The Kier molecular flexibility index (Phi) is 4.20. The van der Waals surface area contributed by atoms with E-state index in [0.29, 0.717) is 0 Å². The van der Waals surface area contributed by atoms with Gasteiger partial charge < -0.3 is 5.01 Å². The van der Waals surface area contributed by atoms with Crippen LogP contribution >= 0.6 is 0 Å². The molecular formula is C12H18N2. The zero-order chi connectivity index (χ0) is 10.4. The molecule has 0 bridgehead atoms. The zero-order valence-electron chi connectivity index (χ0n) is 8.90. The SMILES string of the molecule is CC/C=C(/Cc1ccccc1)N(C)N. The molecule has 1 aromatic carbocycles. The number of hydrogen-bond acceptors (Lipinski definition) is 2. The van der Waals surface area contributed by atoms with E-state index in [0.717, 1.165) is 12.8 Å². The summed E-state index contributed by atoms with van der Waals surface area (Å²) in [7, 11) is 1.88. The third kappa shape index (κ3) is 3.23. The highest BCUT2D eigenvalue weighted by Gasteiger charge is 2.00. The van der Waals surface area contributed by atoms with Crippen molar-refractivity contribution in [3.63, 3.8) is 0 Å². The molecule has 0 radical (unpaired) electrons. The first kappa shape index (κ1) is 10.8. The number of rotatable bonds is 4. The number of allylic oxidation sites excluding steroid dienone is 2. The maximum absolute atomic E-state index is 5.74. The van der Waals surface area contributed by atoms with Gasteiger partial charge in [0.15, 0.2) is 0 Å². The molecule has 0 aliphatic carbocycles. The Bertz CT molecular complexity index is 288. The molecule has 2 N–H and O–H groups in total. The topological polar surface area (TPSA) is 29.3 Å². The lowest BCUT2D eigenvalue weighted by Gasteiger charge is -2.16. The molecule has 2 nitrogen and oxygen atoms in total. The van der Waals surface area contributed by atoms with Gasteiger partial charge in [-0.3, -0.25) is 0 Å². The Hall–Kier alpha value is -1.28. The van der Waals surface area contributed by atoms with Gasteiger partial charge in [0.2, 0.25) is 0 Å². The summed E-state index contributed by atoms with van der Waals surface area (Å²) in [6.45, 7) is 2.12. The number of hydrogen-bond donors (Lipinski definition) is 1. The largest absolute Gasteiger partial charge is 0.318 e. The summed E-state index contributed by atoms with van der Waals surface area (Å²) in [5.41, 5.74) is 2.46. The number of nitrogens with two attached hydrogens (primary N) is 1. The van der Waals surface area contributed by atoms with E-state index in [1.54, 1.807) is 5.01 Å². The van der Waals surface area contributed by atoms with Gasteiger partial charge in [0.1, 0.15) is 0 Å². The minimum atomic E-state index is 0.904. The Morgan fingerprint density at radius 1 is 1.36 bits per heavy atom. The van der Waals surface area contributed by atoms with Crippen LogP contribution in [-0.2, 0) is 6.42 Å². The molecule has 0 spiro atoms. The van der Waals surface area contributed by atoms with Gasteiger partial charge in [-0.2, -0.15) is 0 Å². The lowest BCUT2D eigenvalue weighted by atomic mass is 10.1. The molecule has 0 fully saturated rings. The van der Waals surface area contributed by atoms with Crippen molar-refractivity contribution in [1.29, 1.82) is 0 Å². The van der Waals surface area contributed by atoms with Crippen LogP contribution in [-0.4, -0.2) is 12.1 Å². The van der Waals surface area contributed by atoms with E-state index < -0.39 is 0 Å². The van der Waals surface area contributed by atoms with Gasteiger partial charge in [0.25, 0.3) is 0 Å². The highest BCUT2D eigenvalue weighted by molar-refractivity contribution is 5.20. The molecule has 0 aliphatic rings. The Balaban J connectivity index is 2.70. The summed E-state index contributed by atoms with van der Waals surface area (Å²) in [6, 6.07) is 10.4. The van der Waals surface area contributed by atoms with Gasteiger partial charge in [0.05, 0.1) is 0 Å². The smallest absolute Gasteiger partial charge is 0.0291 e. The predicted molar refractivity (Wildman–Crippen MR) is 60.5 cm³/mol. The van der Waals surface area contributed by atoms with Crippen molar-refractivity contribution in [3.05, 3.63) is 47.7 Å². The molecule has 0 amide bonds. The summed E-state index contributed by atoms with van der Waals surface area (Å²) < 4.78 is 0. The van der Waals surface area contributed by atoms with E-state index in [1.165, 1.54) is 11.3 Å². The molecule has 0 saturated heterocycles. The van der Waals surface area contributed by atoms with Crippen molar-refractivity contribution in [2.75, 3.05) is 7.05 Å². The van der Waals surface area contributed by atoms with E-state index >= 15 is 0 Å². The Labute approximate surface area is 86.0 Å². The second kappa shape index (κ2) is 5.45. The quantitative estimate of drug-likeness (QED) is 0.583. The van der Waals surface area contributed by atoms with Crippen LogP contribution < -0.4 is 5.84 Å². The number of nitrogens with zero attached hydrogens (tertiary/aromatic N) is 1. The van der Waals surface area contributed by atoms with Gasteiger partial charge in [-0.25, -0.2) is 5.84 Å². The van der Waals surface area contributed by atoms with Crippen molar-refractivity contribution >= 4 is 0 Å². The van der Waals surface area contributed by atoms with Gasteiger partial charge >= 0.3 is 0 Å². The summed E-state index contributed by atoms with van der Waals surface area (Å²) in [5, 5.41) is 1.69. The van der Waals surface area contributed by atoms with E-state index in [4.69, 9.17) is 5.84 Å². The first-order valence-electron chi connectivity index (χ1n) is 4.95. The molecule has 14 heavy (non-hydrogen) atoms. The fraction of sp³-hybridized carbons (Fsp3) is 0.333. The maximum atomic E-state index is 5.74. The molecule has 1 aromatic rings. The minimum absolute atomic E-state index is 0.904. The van der Waals surface area contributed by atoms with Crippen molar-refractivity contribution in [3.8, 4) is 0 Å². The summed E-state index contributed by atoms with van der Waals surface area (Å²) in [6.07, 6.45) is 4.08. The van der Waals surface area contributed by atoms with E-state index in [1.807, 2.05) is 13.1 Å². The van der Waals surface area contributed by atoms with Crippen molar-refractivity contribution in [1.82, 2.24) is 5.01 Å². The van der Waals surface area contributed by atoms with Crippen molar-refractivity contribution in [2.24, 2.45) is 5.84 Å². The molecule has 1 rings (SSSR count). The Morgan fingerprint density at radius 3 is 2.50 bits per heavy atom. The lowest BCUT2D eigenvalue weighted by molar-refractivity contribution is 0.428. The second-order valence-electron chi connectivity index (χ2n) is 3.38. The van der Waals surface area contributed by atoms with E-state index in [9.17, 15) is 0 Å². The predicted octanol–water partition coefficient (Wildman–Crippen LogP) is 2.33. The van der Waals surface area contributed by atoms with Crippen LogP contribution in [0.25, 0.3) is 0 Å². The minimum Gasteiger partial charge on any atom is -0.318 e. The summed E-state index contributed by atoms with van der Waals surface area (Å²) in [4.78, 5) is 0. The number of hydrazine groups is 1. The van der Waals surface area contributed by atoms with Gasteiger partial charge in [-0.15, -0.1) is 0 Å². The van der Waals surface area contributed by atoms with Crippen LogP contribution in [0.15, 0.2) is 42.1 Å². The average molecular weight is 190 g/mol. The standard InChI is InChI=1S/C12H18N2/c1-3-7-12(14(2)13)10-11-8-5-4-6-9-11/h4-9H,3,10,13H2,1-2H3/b12-7-. The Morgan fingerprint density at radius 2 is 2.00 bits per heavy atom. The van der Waals surface area contributed by atoms with Gasteiger partial charge in [-0.05, 0) is 12.0 Å². The average Bonchev–Trinajstić information content (AvgIpc) is 2.18. The molecule has 0 aromatic heterocycles. The molecule has 0 aliphatic heterocycles. The van der Waals surface area contributed by atoms with E-state index in [2.05, 4.69) is 37.3 Å². The van der Waals surface area contributed by atoms with Crippen molar-refractivity contribution < 1.29 is 0 Å². The molecule has 76 valence electrons. The second-order valence-corrected chi connectivity index (χ2v) is 3.38. The fourth-order valence-corrected chi connectivity index (χ4v) is 1.38. The third-order valence-electron chi connectivity index (χ3n) is 2.12. The summed E-state index contributed by atoms with van der Waals surface area (Å²) in [5.74, 6) is 5.74. The first-order chi connectivity index (χ1) is 6.74. The summed E-state index contributed by atoms with van der Waals surface area (Å²) >= 11 is 0. The first-order valence-corrected chi connectivity index (χ1v) is 4.95. The maximum Gasteiger partial charge on any atom is 0.0291 e. The van der Waals surface area contributed by atoms with Crippen LogP contribution in [0.1, 0.15) is 18.9 Å². The van der Waals surface area contributed by atoms with Crippen LogP contribution in [0.5, 0.6) is 0 Å². The van der Waals surface area contributed by atoms with Crippen LogP contribution in [0.2, 0.25) is 0 Å². The molecule has 0 atom stereocenters. The molecule has 0 unspecified atom stereocenters. The molecule has 0 heterocycles. The van der Waals surface area contributed by atoms with Crippen LogP contribution in [0, 0.1) is 0 Å². The van der Waals surface area contributed by atoms with Gasteiger partial charge in [0, 0.05) is 19.2 Å². The third-order valence-corrected chi connectivity index (χ3v) is 2.12. The molecule has 2 heteroatoms. The van der Waals surface area contributed by atoms with Crippen LogP contribution in [0.3, 0.4) is 0 Å². The lowest BCUT2D eigenvalue weighted by Crippen LogP contribution is -2.26.